The predicted octanol–water partition coefficient (Wildman–Crippen LogP) is 1.30. The summed E-state index contributed by atoms with van der Waals surface area (Å²) in [5.74, 6) is -1.88. The van der Waals surface area contributed by atoms with Crippen molar-refractivity contribution in [3.8, 4) is 0 Å². The van der Waals surface area contributed by atoms with Gasteiger partial charge in [-0.1, -0.05) is 0 Å². The molecule has 0 saturated carbocycles. The molecule has 3 N–H and O–H groups in total. The number of nitrogen functional groups attached to an aromatic ring is 1. The highest BCUT2D eigenvalue weighted by Crippen LogP contribution is 2.26. The number of halogens is 2. The van der Waals surface area contributed by atoms with E-state index in [0.717, 1.165) is 18.9 Å². The van der Waals surface area contributed by atoms with E-state index in [-0.39, 0.29) is 5.69 Å². The summed E-state index contributed by atoms with van der Waals surface area (Å²) in [7, 11) is -3.83. The lowest BCUT2D eigenvalue weighted by atomic mass is 10.2. The molecule has 0 amide bonds. The SMILES string of the molecule is Nc1cc(F)cc(F)c1NS(=O)(=O)N1CCCC1. The van der Waals surface area contributed by atoms with Crippen LogP contribution in [-0.2, 0) is 10.2 Å². The van der Waals surface area contributed by atoms with Gasteiger partial charge in [-0.2, -0.15) is 12.7 Å². The molecule has 5 nitrogen and oxygen atoms in total. The van der Waals surface area contributed by atoms with Crippen molar-refractivity contribution < 1.29 is 17.2 Å². The van der Waals surface area contributed by atoms with Crippen LogP contribution in [0.15, 0.2) is 12.1 Å². The first-order valence-electron chi connectivity index (χ1n) is 5.42. The molecule has 1 aromatic rings. The van der Waals surface area contributed by atoms with E-state index in [0.29, 0.717) is 19.2 Å². The molecule has 0 aliphatic carbocycles. The number of nitrogens with zero attached hydrogens (tertiary/aromatic N) is 1. The van der Waals surface area contributed by atoms with Crippen molar-refractivity contribution in [3.05, 3.63) is 23.8 Å². The molecule has 1 heterocycles. The van der Waals surface area contributed by atoms with Crippen LogP contribution in [0, 0.1) is 11.6 Å². The molecule has 8 heteroatoms. The number of nitrogens with one attached hydrogen (secondary N) is 1. The summed E-state index contributed by atoms with van der Waals surface area (Å²) in [6.07, 6.45) is 1.53. The van der Waals surface area contributed by atoms with Crippen molar-refractivity contribution in [1.82, 2.24) is 4.31 Å². The van der Waals surface area contributed by atoms with Crippen molar-refractivity contribution >= 4 is 21.6 Å². The van der Waals surface area contributed by atoms with E-state index in [2.05, 4.69) is 4.72 Å². The molecule has 1 aromatic carbocycles. The van der Waals surface area contributed by atoms with Crippen molar-refractivity contribution in [1.29, 1.82) is 0 Å². The molecule has 18 heavy (non-hydrogen) atoms. The van der Waals surface area contributed by atoms with Crippen LogP contribution < -0.4 is 10.5 Å². The normalized spacial score (nSPS) is 17.0. The summed E-state index contributed by atoms with van der Waals surface area (Å²) in [5.41, 5.74) is 4.71. The summed E-state index contributed by atoms with van der Waals surface area (Å²) in [6, 6.07) is 1.45. The topological polar surface area (TPSA) is 75.4 Å². The third-order valence-electron chi connectivity index (χ3n) is 2.72. The Morgan fingerprint density at radius 3 is 2.39 bits per heavy atom. The average molecular weight is 277 g/mol. The minimum absolute atomic E-state index is 0.282. The lowest BCUT2D eigenvalue weighted by molar-refractivity contribution is 0.482. The second-order valence-electron chi connectivity index (χ2n) is 4.07. The zero-order valence-electron chi connectivity index (χ0n) is 9.49. The van der Waals surface area contributed by atoms with E-state index in [9.17, 15) is 17.2 Å². The van der Waals surface area contributed by atoms with E-state index < -0.39 is 27.5 Å². The lowest BCUT2D eigenvalue weighted by Crippen LogP contribution is -2.33. The zero-order valence-corrected chi connectivity index (χ0v) is 10.3. The smallest absolute Gasteiger partial charge is 0.301 e. The molecule has 0 unspecified atom stereocenters. The Morgan fingerprint density at radius 2 is 1.83 bits per heavy atom. The minimum atomic E-state index is -3.83. The van der Waals surface area contributed by atoms with Gasteiger partial charge in [-0.05, 0) is 18.9 Å². The van der Waals surface area contributed by atoms with Crippen LogP contribution >= 0.6 is 0 Å². The van der Waals surface area contributed by atoms with Gasteiger partial charge < -0.3 is 5.73 Å². The van der Waals surface area contributed by atoms with Crippen LogP contribution in [0.2, 0.25) is 0 Å². The fourth-order valence-electron chi connectivity index (χ4n) is 1.82. The van der Waals surface area contributed by atoms with E-state index in [4.69, 9.17) is 5.73 Å². The van der Waals surface area contributed by atoms with Gasteiger partial charge in [0.25, 0.3) is 0 Å². The Labute approximate surface area is 104 Å². The molecular formula is C10H13F2N3O2S. The number of hydrogen-bond donors (Lipinski definition) is 2. The van der Waals surface area contributed by atoms with Gasteiger partial charge in [-0.3, -0.25) is 4.72 Å². The largest absolute Gasteiger partial charge is 0.397 e. The maximum atomic E-state index is 13.5. The van der Waals surface area contributed by atoms with Crippen molar-refractivity contribution in [2.45, 2.75) is 12.8 Å². The van der Waals surface area contributed by atoms with Crippen molar-refractivity contribution in [3.63, 3.8) is 0 Å². The van der Waals surface area contributed by atoms with E-state index in [1.54, 1.807) is 0 Å². The molecule has 0 aromatic heterocycles. The number of benzene rings is 1. The van der Waals surface area contributed by atoms with Crippen LogP contribution in [0.3, 0.4) is 0 Å². The standard InChI is InChI=1S/C10H13F2N3O2S/c11-7-5-8(12)10(9(13)6-7)14-18(16,17)15-3-1-2-4-15/h5-6,14H,1-4,13H2. The molecule has 1 saturated heterocycles. The van der Waals surface area contributed by atoms with Crippen LogP contribution in [-0.4, -0.2) is 25.8 Å². The van der Waals surface area contributed by atoms with Crippen LogP contribution in [0.4, 0.5) is 20.2 Å². The third-order valence-corrected chi connectivity index (χ3v) is 4.23. The second-order valence-corrected chi connectivity index (χ2v) is 5.74. The van der Waals surface area contributed by atoms with Crippen LogP contribution in [0.25, 0.3) is 0 Å². The molecular weight excluding hydrogens is 264 g/mol. The molecule has 100 valence electrons. The van der Waals surface area contributed by atoms with Gasteiger partial charge in [0.2, 0.25) is 0 Å². The number of rotatable bonds is 3. The first-order valence-corrected chi connectivity index (χ1v) is 6.86. The Balaban J connectivity index is 2.29. The summed E-state index contributed by atoms with van der Waals surface area (Å²) in [6.45, 7) is 0.774. The maximum absolute atomic E-state index is 13.5. The summed E-state index contributed by atoms with van der Waals surface area (Å²) in [5, 5.41) is 0. The highest BCUT2D eigenvalue weighted by Gasteiger charge is 2.26. The Hall–Kier alpha value is -1.41. The first kappa shape index (κ1) is 13.0. The van der Waals surface area contributed by atoms with Gasteiger partial charge in [0.05, 0.1) is 5.69 Å². The maximum Gasteiger partial charge on any atom is 0.301 e. The van der Waals surface area contributed by atoms with E-state index in [1.807, 2.05) is 0 Å². The second kappa shape index (κ2) is 4.69. The third kappa shape index (κ3) is 2.54. The first-order chi connectivity index (χ1) is 8.40. The molecule has 2 rings (SSSR count). The van der Waals surface area contributed by atoms with Gasteiger partial charge in [-0.25, -0.2) is 8.78 Å². The van der Waals surface area contributed by atoms with Gasteiger partial charge in [0.15, 0.2) is 5.82 Å². The van der Waals surface area contributed by atoms with Gasteiger partial charge in [0.1, 0.15) is 11.5 Å². The number of hydrogen-bond acceptors (Lipinski definition) is 3. The summed E-state index contributed by atoms with van der Waals surface area (Å²) in [4.78, 5) is 0. The van der Waals surface area contributed by atoms with Gasteiger partial charge in [-0.15, -0.1) is 0 Å². The van der Waals surface area contributed by atoms with E-state index in [1.165, 1.54) is 4.31 Å². The van der Waals surface area contributed by atoms with Crippen molar-refractivity contribution in [2.75, 3.05) is 23.5 Å². The zero-order chi connectivity index (χ0) is 13.3. The highest BCUT2D eigenvalue weighted by molar-refractivity contribution is 7.90. The van der Waals surface area contributed by atoms with Crippen LogP contribution in [0.1, 0.15) is 12.8 Å². The quantitative estimate of drug-likeness (QED) is 0.818. The lowest BCUT2D eigenvalue weighted by Gasteiger charge is -2.18. The number of nitrogens with two attached hydrogens (primary N) is 1. The average Bonchev–Trinajstić information content (AvgIpc) is 2.77. The molecule has 1 aliphatic rings. The Morgan fingerprint density at radius 1 is 1.22 bits per heavy atom. The number of anilines is 2. The highest BCUT2D eigenvalue weighted by atomic mass is 32.2. The van der Waals surface area contributed by atoms with E-state index >= 15 is 0 Å². The molecule has 0 radical (unpaired) electrons. The Kier molecular flexibility index (Phi) is 3.40. The molecule has 0 bridgehead atoms. The minimum Gasteiger partial charge on any atom is -0.397 e. The monoisotopic (exact) mass is 277 g/mol. The Bertz CT molecular complexity index is 533. The predicted molar refractivity (Wildman–Crippen MR) is 64.1 cm³/mol. The fourth-order valence-corrected chi connectivity index (χ4v) is 3.16. The van der Waals surface area contributed by atoms with Gasteiger partial charge in [0, 0.05) is 19.2 Å². The molecule has 0 spiro atoms. The fraction of sp³-hybridized carbons (Fsp3) is 0.400. The summed E-state index contributed by atoms with van der Waals surface area (Å²) >= 11 is 0. The van der Waals surface area contributed by atoms with Crippen molar-refractivity contribution in [2.24, 2.45) is 0 Å². The van der Waals surface area contributed by atoms with Gasteiger partial charge >= 0.3 is 10.2 Å². The summed E-state index contributed by atoms with van der Waals surface area (Å²) < 4.78 is 53.3. The molecule has 0 atom stereocenters. The molecule has 1 aliphatic heterocycles. The molecule has 1 fully saturated rings. The van der Waals surface area contributed by atoms with Crippen LogP contribution in [0.5, 0.6) is 0 Å².